The van der Waals surface area contributed by atoms with E-state index in [1.165, 1.54) is 5.56 Å². The molecule has 0 fully saturated rings. The summed E-state index contributed by atoms with van der Waals surface area (Å²) in [6.07, 6.45) is 1.21. The molecule has 0 radical (unpaired) electrons. The Morgan fingerprint density at radius 1 is 1.14 bits per heavy atom. The Labute approximate surface area is 170 Å². The summed E-state index contributed by atoms with van der Waals surface area (Å²) in [4.78, 5) is 24.8. The molecule has 2 amide bonds. The fraction of sp³-hybridized carbons (Fsp3) is 0.476. The molecule has 0 atom stereocenters. The highest BCUT2D eigenvalue weighted by atomic mass is 32.2. The monoisotopic (exact) mass is 400 g/mol. The van der Waals surface area contributed by atoms with E-state index in [2.05, 4.69) is 15.7 Å². The summed E-state index contributed by atoms with van der Waals surface area (Å²) >= 11 is 1.78. The van der Waals surface area contributed by atoms with Crippen molar-refractivity contribution in [2.45, 2.75) is 51.7 Å². The maximum atomic E-state index is 12.4. The van der Waals surface area contributed by atoms with Gasteiger partial charge in [0, 0.05) is 30.0 Å². The number of amides is 2. The van der Waals surface area contributed by atoms with Crippen molar-refractivity contribution in [3.05, 3.63) is 47.2 Å². The van der Waals surface area contributed by atoms with Crippen LogP contribution in [0.15, 0.2) is 30.3 Å². The van der Waals surface area contributed by atoms with Crippen molar-refractivity contribution in [3.63, 3.8) is 0 Å². The summed E-state index contributed by atoms with van der Waals surface area (Å²) in [5, 5.41) is 10.5. The van der Waals surface area contributed by atoms with Gasteiger partial charge in [-0.25, -0.2) is 4.68 Å². The molecule has 2 heterocycles. The van der Waals surface area contributed by atoms with E-state index >= 15 is 0 Å². The van der Waals surface area contributed by atoms with Crippen LogP contribution in [0.1, 0.15) is 44.0 Å². The number of benzene rings is 1. The predicted molar refractivity (Wildman–Crippen MR) is 113 cm³/mol. The maximum absolute atomic E-state index is 12.4. The second-order valence-corrected chi connectivity index (χ2v) is 9.28. The molecule has 150 valence electrons. The van der Waals surface area contributed by atoms with E-state index in [-0.39, 0.29) is 23.8 Å². The minimum atomic E-state index is -0.101. The van der Waals surface area contributed by atoms with Crippen LogP contribution in [-0.4, -0.2) is 28.1 Å². The van der Waals surface area contributed by atoms with Crippen molar-refractivity contribution >= 4 is 29.4 Å². The van der Waals surface area contributed by atoms with E-state index in [4.69, 9.17) is 0 Å². The van der Waals surface area contributed by atoms with Crippen molar-refractivity contribution in [3.8, 4) is 0 Å². The lowest BCUT2D eigenvalue weighted by molar-refractivity contribution is -0.122. The van der Waals surface area contributed by atoms with Gasteiger partial charge in [0.1, 0.15) is 12.4 Å². The molecule has 1 aromatic carbocycles. The number of rotatable bonds is 7. The van der Waals surface area contributed by atoms with Gasteiger partial charge in [0.2, 0.25) is 11.8 Å². The second-order valence-electron chi connectivity index (χ2n) is 8.30. The highest BCUT2D eigenvalue weighted by Crippen LogP contribution is 2.35. The first-order valence-electron chi connectivity index (χ1n) is 9.58. The van der Waals surface area contributed by atoms with E-state index in [9.17, 15) is 9.59 Å². The molecule has 1 aliphatic heterocycles. The first kappa shape index (κ1) is 20.5. The fourth-order valence-corrected chi connectivity index (χ4v) is 4.20. The normalized spacial score (nSPS) is 13.2. The topological polar surface area (TPSA) is 76.0 Å². The Morgan fingerprint density at radius 3 is 2.61 bits per heavy atom. The van der Waals surface area contributed by atoms with Crippen LogP contribution < -0.4 is 10.6 Å². The summed E-state index contributed by atoms with van der Waals surface area (Å²) in [6.45, 7) is 6.78. The van der Waals surface area contributed by atoms with Gasteiger partial charge in [0.05, 0.1) is 5.69 Å². The van der Waals surface area contributed by atoms with Crippen molar-refractivity contribution in [1.29, 1.82) is 0 Å². The Balaban J connectivity index is 1.61. The summed E-state index contributed by atoms with van der Waals surface area (Å²) in [6, 6.07) is 10.1. The number of fused-ring (bicyclic) bond motifs is 1. The molecule has 0 spiro atoms. The molecule has 0 aliphatic carbocycles. The van der Waals surface area contributed by atoms with Gasteiger partial charge < -0.3 is 10.6 Å². The second kappa shape index (κ2) is 8.82. The van der Waals surface area contributed by atoms with E-state index in [0.717, 1.165) is 29.2 Å². The van der Waals surface area contributed by atoms with E-state index in [1.807, 2.05) is 51.1 Å². The summed E-state index contributed by atoms with van der Waals surface area (Å²) in [7, 11) is 0. The summed E-state index contributed by atoms with van der Waals surface area (Å²) in [5.41, 5.74) is 3.10. The van der Waals surface area contributed by atoms with Crippen LogP contribution in [0.5, 0.6) is 0 Å². The first-order valence-corrected chi connectivity index (χ1v) is 10.7. The van der Waals surface area contributed by atoms with Crippen molar-refractivity contribution < 1.29 is 9.59 Å². The SMILES string of the molecule is CC(C)(C)CC(=O)Nc1c2c(nn1CC(=O)NCCc1ccccc1)CSC2. The Kier molecular flexibility index (Phi) is 6.44. The van der Waals surface area contributed by atoms with Gasteiger partial charge in [-0.05, 0) is 17.4 Å². The van der Waals surface area contributed by atoms with E-state index < -0.39 is 0 Å². The Bertz CT molecular complexity index is 840. The Morgan fingerprint density at radius 2 is 1.89 bits per heavy atom. The number of carbonyl (C=O) groups is 2. The Hall–Kier alpha value is -2.28. The van der Waals surface area contributed by atoms with Crippen LogP contribution in [-0.2, 0) is 34.1 Å². The van der Waals surface area contributed by atoms with Crippen molar-refractivity contribution in [1.82, 2.24) is 15.1 Å². The van der Waals surface area contributed by atoms with Crippen LogP contribution in [0.25, 0.3) is 0 Å². The van der Waals surface area contributed by atoms with Gasteiger partial charge in [-0.2, -0.15) is 16.9 Å². The van der Waals surface area contributed by atoms with Crippen molar-refractivity contribution in [2.24, 2.45) is 5.41 Å². The number of hydrogen-bond donors (Lipinski definition) is 2. The van der Waals surface area contributed by atoms with Gasteiger partial charge in [-0.1, -0.05) is 51.1 Å². The molecule has 0 unspecified atom stereocenters. The number of nitrogens with one attached hydrogen (secondary N) is 2. The smallest absolute Gasteiger partial charge is 0.241 e. The summed E-state index contributed by atoms with van der Waals surface area (Å²) < 4.78 is 1.64. The largest absolute Gasteiger partial charge is 0.354 e. The van der Waals surface area contributed by atoms with Gasteiger partial charge in [0.15, 0.2) is 0 Å². The van der Waals surface area contributed by atoms with Gasteiger partial charge in [0.25, 0.3) is 0 Å². The van der Waals surface area contributed by atoms with Crippen LogP contribution in [0.4, 0.5) is 5.82 Å². The zero-order valence-corrected chi connectivity index (χ0v) is 17.6. The molecule has 0 bridgehead atoms. The van der Waals surface area contributed by atoms with Gasteiger partial charge in [-0.15, -0.1) is 0 Å². The number of anilines is 1. The lowest BCUT2D eigenvalue weighted by Crippen LogP contribution is -2.31. The lowest BCUT2D eigenvalue weighted by Gasteiger charge is -2.18. The van der Waals surface area contributed by atoms with Gasteiger partial charge >= 0.3 is 0 Å². The molecular weight excluding hydrogens is 372 g/mol. The number of aromatic nitrogens is 2. The van der Waals surface area contributed by atoms with Crippen LogP contribution in [0.2, 0.25) is 0 Å². The molecule has 7 heteroatoms. The zero-order chi connectivity index (χ0) is 20.1. The first-order chi connectivity index (χ1) is 13.3. The highest BCUT2D eigenvalue weighted by Gasteiger charge is 2.26. The molecular formula is C21H28N4O2S. The minimum absolute atomic E-state index is 0.0437. The zero-order valence-electron chi connectivity index (χ0n) is 16.7. The average Bonchev–Trinajstić information content (AvgIpc) is 3.17. The summed E-state index contributed by atoms with van der Waals surface area (Å²) in [5.74, 6) is 2.16. The average molecular weight is 401 g/mol. The molecule has 2 aromatic rings. The van der Waals surface area contributed by atoms with Crippen LogP contribution in [0.3, 0.4) is 0 Å². The van der Waals surface area contributed by atoms with Gasteiger partial charge in [-0.3, -0.25) is 9.59 Å². The lowest BCUT2D eigenvalue weighted by atomic mass is 9.92. The molecule has 0 saturated heterocycles. The maximum Gasteiger partial charge on any atom is 0.241 e. The molecule has 0 saturated carbocycles. The van der Waals surface area contributed by atoms with Crippen LogP contribution in [0, 0.1) is 5.41 Å². The molecule has 1 aliphatic rings. The minimum Gasteiger partial charge on any atom is -0.354 e. The quantitative estimate of drug-likeness (QED) is 0.747. The molecule has 3 rings (SSSR count). The molecule has 28 heavy (non-hydrogen) atoms. The van der Waals surface area contributed by atoms with E-state index in [0.29, 0.717) is 18.8 Å². The number of carbonyl (C=O) groups excluding carboxylic acids is 2. The molecule has 6 nitrogen and oxygen atoms in total. The predicted octanol–water partition coefficient (Wildman–Crippen LogP) is 3.36. The molecule has 1 aromatic heterocycles. The number of thioether (sulfide) groups is 1. The third-order valence-corrected chi connectivity index (χ3v) is 5.41. The third-order valence-electron chi connectivity index (χ3n) is 4.44. The number of hydrogen-bond acceptors (Lipinski definition) is 4. The fourth-order valence-electron chi connectivity index (χ4n) is 3.16. The standard InChI is InChI=1S/C21H28N4O2S/c1-21(2,3)11-18(26)23-20-16-13-28-14-17(16)24-25(20)12-19(27)22-10-9-15-7-5-4-6-8-15/h4-8H,9-14H2,1-3H3,(H,22,27)(H,23,26). The molecule has 2 N–H and O–H groups in total. The van der Waals surface area contributed by atoms with Crippen molar-refractivity contribution in [2.75, 3.05) is 11.9 Å². The van der Waals surface area contributed by atoms with Crippen LogP contribution >= 0.6 is 11.8 Å². The van der Waals surface area contributed by atoms with E-state index in [1.54, 1.807) is 16.4 Å². The highest BCUT2D eigenvalue weighted by molar-refractivity contribution is 7.98. The third kappa shape index (κ3) is 5.61. The number of nitrogens with zero attached hydrogens (tertiary/aromatic N) is 2.